The molecular weight excluding hydrogens is 294 g/mol. The normalized spacial score (nSPS) is 18.0. The molecule has 0 radical (unpaired) electrons. The van der Waals surface area contributed by atoms with Gasteiger partial charge in [0.05, 0.1) is 12.5 Å². The topological polar surface area (TPSA) is 66.8 Å². The average Bonchev–Trinajstić information content (AvgIpc) is 2.54. The number of nitrogens with zero attached hydrogens (tertiary/aromatic N) is 1. The number of carboxylic acid groups (broad SMARTS) is 1. The van der Waals surface area contributed by atoms with Crippen molar-refractivity contribution in [2.45, 2.75) is 33.1 Å². The van der Waals surface area contributed by atoms with Crippen LogP contribution in [-0.4, -0.2) is 41.6 Å². The second kappa shape index (κ2) is 7.99. The summed E-state index contributed by atoms with van der Waals surface area (Å²) in [5.74, 6) is -0.152. The standard InChI is InChI=1S/C18H25NO4/c1-13(2)8-10-23-16-7-3-5-14(11-16)17(20)19-9-4-6-15(12-19)18(21)22/h3,5,7,11,13,15H,4,6,8-10,12H2,1-2H3,(H,21,22). The maximum absolute atomic E-state index is 12.6. The molecule has 5 nitrogen and oxygen atoms in total. The number of aliphatic carboxylic acids is 1. The van der Waals surface area contributed by atoms with E-state index in [1.165, 1.54) is 0 Å². The third-order valence-electron chi connectivity index (χ3n) is 4.10. The molecule has 0 saturated carbocycles. The van der Waals surface area contributed by atoms with E-state index in [1.807, 2.05) is 6.07 Å². The highest BCUT2D eigenvalue weighted by molar-refractivity contribution is 5.95. The zero-order valence-corrected chi connectivity index (χ0v) is 13.8. The molecule has 1 aromatic rings. The highest BCUT2D eigenvalue weighted by atomic mass is 16.5. The summed E-state index contributed by atoms with van der Waals surface area (Å²) in [7, 11) is 0. The quantitative estimate of drug-likeness (QED) is 0.875. The van der Waals surface area contributed by atoms with Gasteiger partial charge in [0.1, 0.15) is 5.75 Å². The molecule has 1 unspecified atom stereocenters. The van der Waals surface area contributed by atoms with Gasteiger partial charge in [-0.3, -0.25) is 9.59 Å². The molecule has 126 valence electrons. The Kier molecular flexibility index (Phi) is 6.02. The summed E-state index contributed by atoms with van der Waals surface area (Å²) in [4.78, 5) is 25.3. The number of ether oxygens (including phenoxy) is 1. The number of likely N-dealkylation sites (tertiary alicyclic amines) is 1. The molecule has 0 bridgehead atoms. The van der Waals surface area contributed by atoms with Crippen LogP contribution in [0.2, 0.25) is 0 Å². The first-order valence-electron chi connectivity index (χ1n) is 8.22. The van der Waals surface area contributed by atoms with Crippen molar-refractivity contribution in [2.24, 2.45) is 11.8 Å². The van der Waals surface area contributed by atoms with Crippen LogP contribution in [0.15, 0.2) is 24.3 Å². The fourth-order valence-corrected chi connectivity index (χ4v) is 2.68. The molecular formula is C18H25NO4. The first kappa shape index (κ1) is 17.3. The molecule has 23 heavy (non-hydrogen) atoms. The van der Waals surface area contributed by atoms with Crippen molar-refractivity contribution >= 4 is 11.9 Å². The van der Waals surface area contributed by atoms with Crippen molar-refractivity contribution in [3.8, 4) is 5.75 Å². The molecule has 0 aliphatic carbocycles. The molecule has 1 aliphatic rings. The lowest BCUT2D eigenvalue weighted by Gasteiger charge is -2.30. The van der Waals surface area contributed by atoms with Gasteiger partial charge in [0.15, 0.2) is 0 Å². The van der Waals surface area contributed by atoms with E-state index >= 15 is 0 Å². The Morgan fingerprint density at radius 1 is 1.39 bits per heavy atom. The van der Waals surface area contributed by atoms with Gasteiger partial charge < -0.3 is 14.7 Å². The van der Waals surface area contributed by atoms with Gasteiger partial charge in [0.25, 0.3) is 5.91 Å². The minimum Gasteiger partial charge on any atom is -0.494 e. The highest BCUT2D eigenvalue weighted by Crippen LogP contribution is 2.21. The van der Waals surface area contributed by atoms with Crippen LogP contribution < -0.4 is 4.74 Å². The van der Waals surface area contributed by atoms with Crippen molar-refractivity contribution in [3.63, 3.8) is 0 Å². The van der Waals surface area contributed by atoms with E-state index in [2.05, 4.69) is 13.8 Å². The molecule has 1 fully saturated rings. The summed E-state index contributed by atoms with van der Waals surface area (Å²) in [6, 6.07) is 7.14. The van der Waals surface area contributed by atoms with E-state index < -0.39 is 11.9 Å². The summed E-state index contributed by atoms with van der Waals surface area (Å²) in [6.07, 6.45) is 2.33. The van der Waals surface area contributed by atoms with Crippen LogP contribution in [-0.2, 0) is 4.79 Å². The van der Waals surface area contributed by atoms with Crippen molar-refractivity contribution in [1.29, 1.82) is 0 Å². The zero-order valence-electron chi connectivity index (χ0n) is 13.8. The van der Waals surface area contributed by atoms with Crippen LogP contribution in [0.25, 0.3) is 0 Å². The molecule has 0 aromatic heterocycles. The van der Waals surface area contributed by atoms with Crippen molar-refractivity contribution in [2.75, 3.05) is 19.7 Å². The van der Waals surface area contributed by atoms with E-state index in [0.29, 0.717) is 36.8 Å². The minimum absolute atomic E-state index is 0.120. The Morgan fingerprint density at radius 3 is 2.87 bits per heavy atom. The second-order valence-electron chi connectivity index (χ2n) is 6.49. The smallest absolute Gasteiger partial charge is 0.308 e. The van der Waals surface area contributed by atoms with Crippen molar-refractivity contribution in [1.82, 2.24) is 4.90 Å². The summed E-state index contributed by atoms with van der Waals surface area (Å²) < 4.78 is 5.69. The molecule has 1 aromatic carbocycles. The Bertz CT molecular complexity index is 556. The van der Waals surface area contributed by atoms with Gasteiger partial charge in [-0.2, -0.15) is 0 Å². The van der Waals surface area contributed by atoms with Crippen molar-refractivity contribution in [3.05, 3.63) is 29.8 Å². The number of carbonyl (C=O) groups is 2. The lowest BCUT2D eigenvalue weighted by molar-refractivity contribution is -0.143. The molecule has 1 N–H and O–H groups in total. The molecule has 2 rings (SSSR count). The number of piperidine rings is 1. The first-order chi connectivity index (χ1) is 11.0. The number of rotatable bonds is 6. The number of hydrogen-bond acceptors (Lipinski definition) is 3. The van der Waals surface area contributed by atoms with Gasteiger partial charge in [-0.15, -0.1) is 0 Å². The molecule has 1 amide bonds. The Balaban J connectivity index is 2.00. The molecule has 1 aliphatic heterocycles. The molecule has 5 heteroatoms. The summed E-state index contributed by atoms with van der Waals surface area (Å²) in [6.45, 7) is 5.80. The molecule has 1 saturated heterocycles. The van der Waals surface area contributed by atoms with Gasteiger partial charge in [0, 0.05) is 18.7 Å². The van der Waals surface area contributed by atoms with Crippen molar-refractivity contribution < 1.29 is 19.4 Å². The maximum Gasteiger partial charge on any atom is 0.308 e. The fraction of sp³-hybridized carbons (Fsp3) is 0.556. The molecule has 1 atom stereocenters. The summed E-state index contributed by atoms with van der Waals surface area (Å²) >= 11 is 0. The molecule has 1 heterocycles. The largest absolute Gasteiger partial charge is 0.494 e. The number of benzene rings is 1. The van der Waals surface area contributed by atoms with E-state index in [9.17, 15) is 9.59 Å². The highest BCUT2D eigenvalue weighted by Gasteiger charge is 2.28. The second-order valence-corrected chi connectivity index (χ2v) is 6.49. The SMILES string of the molecule is CC(C)CCOc1cccc(C(=O)N2CCCC(C(=O)O)C2)c1. The Labute approximate surface area is 137 Å². The number of carbonyl (C=O) groups excluding carboxylic acids is 1. The summed E-state index contributed by atoms with van der Waals surface area (Å²) in [5.41, 5.74) is 0.554. The maximum atomic E-state index is 12.6. The lowest BCUT2D eigenvalue weighted by atomic mass is 9.97. The number of carboxylic acids is 1. The van der Waals surface area contributed by atoms with Crippen LogP contribution in [0, 0.1) is 11.8 Å². The predicted octanol–water partition coefficient (Wildman–Crippen LogP) is 3.05. The number of hydrogen-bond donors (Lipinski definition) is 1. The van der Waals surface area contributed by atoms with Crippen LogP contribution in [0.1, 0.15) is 43.5 Å². The molecule has 0 spiro atoms. The zero-order chi connectivity index (χ0) is 16.8. The van der Waals surface area contributed by atoms with Crippen LogP contribution >= 0.6 is 0 Å². The van der Waals surface area contributed by atoms with E-state index in [0.717, 1.165) is 12.8 Å². The van der Waals surface area contributed by atoms with Gasteiger partial charge in [-0.05, 0) is 43.4 Å². The van der Waals surface area contributed by atoms with Gasteiger partial charge >= 0.3 is 5.97 Å². The van der Waals surface area contributed by atoms with E-state index in [1.54, 1.807) is 23.1 Å². The number of amides is 1. The fourth-order valence-electron chi connectivity index (χ4n) is 2.68. The summed E-state index contributed by atoms with van der Waals surface area (Å²) in [5, 5.41) is 9.14. The lowest BCUT2D eigenvalue weighted by Crippen LogP contribution is -2.42. The Morgan fingerprint density at radius 2 is 2.17 bits per heavy atom. The van der Waals surface area contributed by atoms with Crippen LogP contribution in [0.5, 0.6) is 5.75 Å². The van der Waals surface area contributed by atoms with E-state index in [-0.39, 0.29) is 12.5 Å². The third kappa shape index (κ3) is 4.98. The predicted molar refractivity (Wildman–Crippen MR) is 87.7 cm³/mol. The van der Waals surface area contributed by atoms with E-state index in [4.69, 9.17) is 9.84 Å². The monoisotopic (exact) mass is 319 g/mol. The van der Waals surface area contributed by atoms with Gasteiger partial charge in [-0.1, -0.05) is 19.9 Å². The minimum atomic E-state index is -0.826. The first-order valence-corrected chi connectivity index (χ1v) is 8.22. The van der Waals surface area contributed by atoms with Crippen LogP contribution in [0.4, 0.5) is 0 Å². The Hall–Kier alpha value is -2.04. The van der Waals surface area contributed by atoms with Gasteiger partial charge in [-0.25, -0.2) is 0 Å². The third-order valence-corrected chi connectivity index (χ3v) is 4.10. The van der Waals surface area contributed by atoms with Crippen LogP contribution in [0.3, 0.4) is 0 Å². The van der Waals surface area contributed by atoms with Gasteiger partial charge in [0.2, 0.25) is 0 Å². The average molecular weight is 319 g/mol.